The van der Waals surface area contributed by atoms with Gasteiger partial charge in [0, 0.05) is 42.0 Å². The van der Waals surface area contributed by atoms with E-state index < -0.39 is 29.8 Å². The lowest BCUT2D eigenvalue weighted by molar-refractivity contribution is -0.151. The monoisotopic (exact) mass is 639 g/mol. The molecule has 4 heterocycles. The van der Waals surface area contributed by atoms with Crippen molar-refractivity contribution in [2.75, 3.05) is 30.7 Å². The molecule has 1 atom stereocenters. The van der Waals surface area contributed by atoms with Crippen LogP contribution in [0.4, 0.5) is 20.4 Å². The summed E-state index contributed by atoms with van der Waals surface area (Å²) in [6, 6.07) is 9.16. The molecule has 1 amide bonds. The topological polar surface area (TPSA) is 148 Å². The first kappa shape index (κ1) is 30.8. The third kappa shape index (κ3) is 6.07. The lowest BCUT2D eigenvalue weighted by Gasteiger charge is -2.42. The van der Waals surface area contributed by atoms with Gasteiger partial charge in [-0.05, 0) is 56.9 Å². The van der Waals surface area contributed by atoms with Gasteiger partial charge in [-0.15, -0.1) is 0 Å². The number of carbonyl (C=O) groups excluding carboxylic acids is 1. The molecule has 0 spiro atoms. The molecule has 0 radical (unpaired) electrons. The van der Waals surface area contributed by atoms with Crippen molar-refractivity contribution in [3.8, 4) is 11.3 Å². The maximum absolute atomic E-state index is 13.1. The molecule has 2 fully saturated rings. The predicted octanol–water partition coefficient (Wildman–Crippen LogP) is 5.62. The normalized spacial score (nSPS) is 22.5. The number of carboxylic acids is 1. The number of halogens is 3. The van der Waals surface area contributed by atoms with E-state index in [4.69, 9.17) is 27.1 Å². The maximum Gasteiger partial charge on any atom is 0.309 e. The van der Waals surface area contributed by atoms with Crippen LogP contribution in [-0.4, -0.2) is 67.0 Å². The molecule has 236 valence electrons. The van der Waals surface area contributed by atoms with Crippen molar-refractivity contribution >= 4 is 40.6 Å². The molecule has 14 heteroatoms. The van der Waals surface area contributed by atoms with Crippen LogP contribution in [0.5, 0.6) is 0 Å². The number of nitrogens with zero attached hydrogens (tertiary/aromatic N) is 5. The van der Waals surface area contributed by atoms with Crippen molar-refractivity contribution in [1.29, 1.82) is 0 Å². The first-order chi connectivity index (χ1) is 21.5. The minimum absolute atomic E-state index is 0.0192. The van der Waals surface area contributed by atoms with Gasteiger partial charge in [0.2, 0.25) is 0 Å². The van der Waals surface area contributed by atoms with E-state index in [1.807, 2.05) is 6.92 Å². The van der Waals surface area contributed by atoms with Crippen molar-refractivity contribution in [2.24, 2.45) is 5.41 Å². The Labute approximate surface area is 262 Å². The van der Waals surface area contributed by atoms with E-state index in [0.717, 1.165) is 25.5 Å². The number of amides is 1. The number of carbonyl (C=O) groups is 2. The Hall–Kier alpha value is -4.20. The molecule has 4 aromatic rings. The Morgan fingerprint density at radius 2 is 1.91 bits per heavy atom. The number of benzene rings is 1. The zero-order chi connectivity index (χ0) is 31.9. The highest BCUT2D eigenvalue weighted by Crippen LogP contribution is 2.40. The van der Waals surface area contributed by atoms with Crippen LogP contribution >= 0.6 is 11.6 Å². The summed E-state index contributed by atoms with van der Waals surface area (Å²) in [5.41, 5.74) is 7.35. The van der Waals surface area contributed by atoms with Crippen molar-refractivity contribution in [3.63, 3.8) is 0 Å². The van der Waals surface area contributed by atoms with Gasteiger partial charge in [-0.1, -0.05) is 23.7 Å². The SMILES string of the molecule is CC1(C(=O)O)CCC(N2CCO[C@@H](c3nc(-c4ccc(C(=O)Nc5cc(C(F)F)ccn5)cc4)c4c(N)ncc(Cl)n34)C2)CC1. The Balaban J connectivity index is 1.25. The standard InChI is InChI=1S/C31H32ClF2N7O4/c1-31(30(43)44)9-6-20(7-10-31)40-12-13-45-21(16-40)28-39-24(25-27(35)37-15-22(32)41(25)28)17-2-4-18(5-3-17)29(42)38-23-14-19(26(33)34)8-11-36-23/h2-5,8,11,14-15,20-21,26H,6-7,9-10,12-13,16H2,1H3,(H2,35,37)(H,43,44)(H,36,38,42)/t20?,21-,31?/m1/s1. The van der Waals surface area contributed by atoms with Gasteiger partial charge in [0.05, 0.1) is 18.2 Å². The molecule has 1 aromatic carbocycles. The van der Waals surface area contributed by atoms with E-state index in [1.54, 1.807) is 28.7 Å². The van der Waals surface area contributed by atoms with E-state index in [0.29, 0.717) is 53.7 Å². The third-order valence-corrected chi connectivity index (χ3v) is 9.11. The Morgan fingerprint density at radius 3 is 2.60 bits per heavy atom. The lowest BCUT2D eigenvalue weighted by atomic mass is 9.73. The second kappa shape index (κ2) is 12.3. The molecule has 0 bridgehead atoms. The second-order valence-electron chi connectivity index (χ2n) is 11.7. The molecule has 1 saturated heterocycles. The number of anilines is 2. The highest BCUT2D eigenvalue weighted by molar-refractivity contribution is 6.30. The Morgan fingerprint density at radius 1 is 1.18 bits per heavy atom. The van der Waals surface area contributed by atoms with Gasteiger partial charge in [0.15, 0.2) is 0 Å². The number of aliphatic carboxylic acids is 1. The second-order valence-corrected chi connectivity index (χ2v) is 12.1. The highest BCUT2D eigenvalue weighted by atomic mass is 35.5. The number of hydrogen-bond donors (Lipinski definition) is 3. The Kier molecular flexibility index (Phi) is 8.42. The summed E-state index contributed by atoms with van der Waals surface area (Å²) >= 11 is 6.65. The van der Waals surface area contributed by atoms with E-state index >= 15 is 0 Å². The Bertz CT molecular complexity index is 1740. The summed E-state index contributed by atoms with van der Waals surface area (Å²) in [6.07, 6.45) is 2.36. The fourth-order valence-electron chi connectivity index (χ4n) is 6.14. The number of aromatic nitrogens is 4. The van der Waals surface area contributed by atoms with E-state index in [9.17, 15) is 23.5 Å². The fourth-order valence-corrected chi connectivity index (χ4v) is 6.36. The number of fused-ring (bicyclic) bond motifs is 1. The molecule has 2 aliphatic rings. The summed E-state index contributed by atoms with van der Waals surface area (Å²) in [5, 5.41) is 12.5. The summed E-state index contributed by atoms with van der Waals surface area (Å²) in [5.74, 6) is -0.467. The van der Waals surface area contributed by atoms with Gasteiger partial charge in [-0.3, -0.25) is 18.9 Å². The van der Waals surface area contributed by atoms with Crippen molar-refractivity contribution in [2.45, 2.75) is 51.2 Å². The minimum Gasteiger partial charge on any atom is -0.481 e. The molecule has 4 N–H and O–H groups in total. The molecule has 6 rings (SSSR count). The van der Waals surface area contributed by atoms with Crippen LogP contribution in [-0.2, 0) is 9.53 Å². The minimum atomic E-state index is -2.68. The lowest BCUT2D eigenvalue weighted by Crippen LogP contribution is -2.48. The number of nitrogen functional groups attached to an aromatic ring is 1. The third-order valence-electron chi connectivity index (χ3n) is 8.85. The van der Waals surface area contributed by atoms with Crippen molar-refractivity contribution < 1.29 is 28.2 Å². The number of rotatable bonds is 7. The maximum atomic E-state index is 13.1. The van der Waals surface area contributed by atoms with Gasteiger partial charge in [-0.2, -0.15) is 0 Å². The van der Waals surface area contributed by atoms with E-state index in [1.165, 1.54) is 18.5 Å². The molecule has 3 aromatic heterocycles. The number of nitrogens with two attached hydrogens (primary N) is 1. The number of alkyl halides is 2. The van der Waals surface area contributed by atoms with Crippen LogP contribution in [0.25, 0.3) is 16.8 Å². The molecule has 1 aliphatic heterocycles. The number of imidazole rings is 1. The molecular formula is C31H32ClF2N7O4. The van der Waals surface area contributed by atoms with Crippen LogP contribution in [0.3, 0.4) is 0 Å². The first-order valence-electron chi connectivity index (χ1n) is 14.6. The van der Waals surface area contributed by atoms with Gasteiger partial charge >= 0.3 is 5.97 Å². The molecule has 11 nitrogen and oxygen atoms in total. The average Bonchev–Trinajstić information content (AvgIpc) is 3.46. The summed E-state index contributed by atoms with van der Waals surface area (Å²) in [6.45, 7) is 3.56. The van der Waals surface area contributed by atoms with Crippen molar-refractivity contribution in [3.05, 3.63) is 70.9 Å². The number of carboxylic acid groups (broad SMARTS) is 1. The van der Waals surface area contributed by atoms with Gasteiger partial charge in [-0.25, -0.2) is 23.7 Å². The molecular weight excluding hydrogens is 608 g/mol. The van der Waals surface area contributed by atoms with Crippen LogP contribution < -0.4 is 11.1 Å². The molecule has 1 aliphatic carbocycles. The summed E-state index contributed by atoms with van der Waals surface area (Å²) in [4.78, 5) is 40.1. The number of hydrogen-bond acceptors (Lipinski definition) is 8. The highest BCUT2D eigenvalue weighted by Gasteiger charge is 2.40. The van der Waals surface area contributed by atoms with E-state index in [-0.39, 0.29) is 28.8 Å². The number of pyridine rings is 1. The quantitative estimate of drug-likeness (QED) is 0.234. The van der Waals surface area contributed by atoms with E-state index in [2.05, 4.69) is 20.2 Å². The van der Waals surface area contributed by atoms with Gasteiger partial charge in [0.25, 0.3) is 12.3 Å². The number of ether oxygens (including phenoxy) is 1. The zero-order valence-electron chi connectivity index (χ0n) is 24.4. The summed E-state index contributed by atoms with van der Waals surface area (Å²) in [7, 11) is 0. The fraction of sp³-hybridized carbons (Fsp3) is 0.387. The van der Waals surface area contributed by atoms with Gasteiger partial charge in [0.1, 0.15) is 39.9 Å². The van der Waals surface area contributed by atoms with Crippen molar-refractivity contribution in [1.82, 2.24) is 24.3 Å². The van der Waals surface area contributed by atoms with Gasteiger partial charge < -0.3 is 20.9 Å². The van der Waals surface area contributed by atoms with Crippen LogP contribution in [0.2, 0.25) is 5.15 Å². The molecule has 0 unspecified atom stereocenters. The first-order valence-corrected chi connectivity index (χ1v) is 15.0. The smallest absolute Gasteiger partial charge is 0.309 e. The van der Waals surface area contributed by atoms with Crippen LogP contribution in [0.15, 0.2) is 48.8 Å². The van der Waals surface area contributed by atoms with Crippen LogP contribution in [0, 0.1) is 5.41 Å². The summed E-state index contributed by atoms with van der Waals surface area (Å²) < 4.78 is 34.0. The zero-order valence-corrected chi connectivity index (χ0v) is 25.2. The number of nitrogens with one attached hydrogen (secondary N) is 1. The molecule has 45 heavy (non-hydrogen) atoms. The predicted molar refractivity (Wildman–Crippen MR) is 163 cm³/mol. The largest absolute Gasteiger partial charge is 0.481 e. The van der Waals surface area contributed by atoms with Crippen LogP contribution in [0.1, 0.15) is 66.9 Å². The number of morpholine rings is 1. The average molecular weight is 640 g/mol. The molecule has 1 saturated carbocycles.